The van der Waals surface area contributed by atoms with E-state index >= 15 is 0 Å². The fraction of sp³-hybridized carbons (Fsp3) is 0.417. The van der Waals surface area contributed by atoms with Crippen LogP contribution in [0.3, 0.4) is 0 Å². The van der Waals surface area contributed by atoms with Gasteiger partial charge in [-0.15, -0.1) is 0 Å². The SMILES string of the molecule is CC1=Nc2ccc(C)cc2C(C)C1. The van der Waals surface area contributed by atoms with Crippen LogP contribution in [0.5, 0.6) is 0 Å². The second-order valence-corrected chi connectivity index (χ2v) is 4.01. The normalized spacial score (nSPS) is 20.8. The molecule has 0 aliphatic carbocycles. The van der Waals surface area contributed by atoms with Crippen LogP contribution in [0.4, 0.5) is 5.69 Å². The summed E-state index contributed by atoms with van der Waals surface area (Å²) in [7, 11) is 0. The molecular formula is C12H15N. The number of rotatable bonds is 0. The third kappa shape index (κ3) is 1.51. The van der Waals surface area contributed by atoms with Crippen LogP contribution < -0.4 is 0 Å². The number of aryl methyl sites for hydroxylation is 1. The number of fused-ring (bicyclic) bond motifs is 1. The molecule has 0 saturated carbocycles. The molecule has 0 fully saturated rings. The Morgan fingerprint density at radius 3 is 2.85 bits per heavy atom. The summed E-state index contributed by atoms with van der Waals surface area (Å²) in [4.78, 5) is 4.55. The Labute approximate surface area is 79.5 Å². The summed E-state index contributed by atoms with van der Waals surface area (Å²) in [6, 6.07) is 6.52. The maximum atomic E-state index is 4.55. The third-order valence-corrected chi connectivity index (χ3v) is 2.63. The lowest BCUT2D eigenvalue weighted by Crippen LogP contribution is -2.06. The van der Waals surface area contributed by atoms with E-state index in [1.165, 1.54) is 22.5 Å². The van der Waals surface area contributed by atoms with Crippen LogP contribution in [0.2, 0.25) is 0 Å². The Bertz CT molecular complexity index is 363. The van der Waals surface area contributed by atoms with Gasteiger partial charge < -0.3 is 0 Å². The van der Waals surface area contributed by atoms with Crippen LogP contribution in [0, 0.1) is 6.92 Å². The number of nitrogens with zero attached hydrogens (tertiary/aromatic N) is 1. The van der Waals surface area contributed by atoms with Crippen LogP contribution in [-0.4, -0.2) is 5.71 Å². The molecule has 68 valence electrons. The summed E-state index contributed by atoms with van der Waals surface area (Å²) in [6.45, 7) is 6.52. The van der Waals surface area contributed by atoms with Crippen LogP contribution in [-0.2, 0) is 0 Å². The van der Waals surface area contributed by atoms with Gasteiger partial charge in [-0.1, -0.05) is 24.6 Å². The van der Waals surface area contributed by atoms with E-state index in [9.17, 15) is 0 Å². The van der Waals surface area contributed by atoms with E-state index in [0.717, 1.165) is 6.42 Å². The molecule has 1 nitrogen and oxygen atoms in total. The van der Waals surface area contributed by atoms with Crippen molar-refractivity contribution >= 4 is 11.4 Å². The molecule has 13 heavy (non-hydrogen) atoms. The van der Waals surface area contributed by atoms with Crippen molar-refractivity contribution < 1.29 is 0 Å². The molecule has 0 bridgehead atoms. The molecule has 2 rings (SSSR count). The zero-order valence-corrected chi connectivity index (χ0v) is 8.46. The zero-order valence-electron chi connectivity index (χ0n) is 8.46. The Kier molecular flexibility index (Phi) is 1.95. The van der Waals surface area contributed by atoms with Crippen molar-refractivity contribution in [2.75, 3.05) is 0 Å². The summed E-state index contributed by atoms with van der Waals surface area (Å²) in [5.41, 5.74) is 5.16. The minimum absolute atomic E-state index is 0.632. The van der Waals surface area contributed by atoms with Gasteiger partial charge in [0.05, 0.1) is 5.69 Å². The largest absolute Gasteiger partial charge is 0.258 e. The van der Waals surface area contributed by atoms with Gasteiger partial charge in [0.1, 0.15) is 0 Å². The lowest BCUT2D eigenvalue weighted by Gasteiger charge is -2.20. The molecule has 0 amide bonds. The topological polar surface area (TPSA) is 12.4 Å². The van der Waals surface area contributed by atoms with Gasteiger partial charge in [0.15, 0.2) is 0 Å². The first-order valence-corrected chi connectivity index (χ1v) is 4.81. The highest BCUT2D eigenvalue weighted by molar-refractivity contribution is 5.87. The lowest BCUT2D eigenvalue weighted by atomic mass is 9.90. The van der Waals surface area contributed by atoms with E-state index < -0.39 is 0 Å². The van der Waals surface area contributed by atoms with Crippen molar-refractivity contribution in [3.63, 3.8) is 0 Å². The number of benzene rings is 1. The minimum Gasteiger partial charge on any atom is -0.258 e. The first-order valence-electron chi connectivity index (χ1n) is 4.81. The maximum absolute atomic E-state index is 4.55. The molecule has 1 heteroatoms. The Hall–Kier alpha value is -1.11. The van der Waals surface area contributed by atoms with Gasteiger partial charge >= 0.3 is 0 Å². The lowest BCUT2D eigenvalue weighted by molar-refractivity contribution is 0.788. The Balaban J connectivity index is 2.56. The van der Waals surface area contributed by atoms with Gasteiger partial charge in [-0.25, -0.2) is 0 Å². The fourth-order valence-electron chi connectivity index (χ4n) is 1.97. The highest BCUT2D eigenvalue weighted by atomic mass is 14.8. The first-order chi connectivity index (χ1) is 6.16. The standard InChI is InChI=1S/C12H15N/c1-8-4-5-12-11(6-8)9(2)7-10(3)13-12/h4-6,9H,7H2,1-3H3. The van der Waals surface area contributed by atoms with Crippen LogP contribution in [0.1, 0.15) is 37.3 Å². The molecule has 1 heterocycles. The predicted molar refractivity (Wildman–Crippen MR) is 57.0 cm³/mol. The van der Waals surface area contributed by atoms with E-state index in [-0.39, 0.29) is 0 Å². The molecule has 1 aromatic rings. The van der Waals surface area contributed by atoms with Gasteiger partial charge in [0.25, 0.3) is 0 Å². The molecule has 0 aromatic heterocycles. The smallest absolute Gasteiger partial charge is 0.0663 e. The van der Waals surface area contributed by atoms with Gasteiger partial charge in [-0.05, 0) is 37.8 Å². The molecule has 1 atom stereocenters. The van der Waals surface area contributed by atoms with Crippen molar-refractivity contribution in [3.8, 4) is 0 Å². The summed E-state index contributed by atoms with van der Waals surface area (Å²) < 4.78 is 0. The second kappa shape index (κ2) is 2.99. The number of hydrogen-bond acceptors (Lipinski definition) is 1. The average molecular weight is 173 g/mol. The van der Waals surface area contributed by atoms with E-state index in [4.69, 9.17) is 0 Å². The minimum atomic E-state index is 0.632. The van der Waals surface area contributed by atoms with Gasteiger partial charge in [-0.3, -0.25) is 4.99 Å². The van der Waals surface area contributed by atoms with Crippen molar-refractivity contribution in [1.29, 1.82) is 0 Å². The molecule has 1 unspecified atom stereocenters. The highest BCUT2D eigenvalue weighted by Gasteiger charge is 2.16. The van der Waals surface area contributed by atoms with Crippen LogP contribution in [0.15, 0.2) is 23.2 Å². The maximum Gasteiger partial charge on any atom is 0.0663 e. The van der Waals surface area contributed by atoms with Gasteiger partial charge in [-0.2, -0.15) is 0 Å². The van der Waals surface area contributed by atoms with E-state index in [1.807, 2.05) is 0 Å². The molecule has 1 aliphatic rings. The van der Waals surface area contributed by atoms with Crippen LogP contribution >= 0.6 is 0 Å². The van der Waals surface area contributed by atoms with Crippen molar-refractivity contribution in [1.82, 2.24) is 0 Å². The number of hydrogen-bond donors (Lipinski definition) is 0. The first kappa shape index (κ1) is 8.49. The average Bonchev–Trinajstić information content (AvgIpc) is 2.06. The monoisotopic (exact) mass is 173 g/mol. The summed E-state index contributed by atoms with van der Waals surface area (Å²) >= 11 is 0. The second-order valence-electron chi connectivity index (χ2n) is 4.01. The molecule has 0 spiro atoms. The fourth-order valence-corrected chi connectivity index (χ4v) is 1.97. The van der Waals surface area contributed by atoms with Crippen molar-refractivity contribution in [2.45, 2.75) is 33.1 Å². The molecule has 1 aromatic carbocycles. The van der Waals surface area contributed by atoms with E-state index in [2.05, 4.69) is 44.0 Å². The molecule has 0 saturated heterocycles. The third-order valence-electron chi connectivity index (χ3n) is 2.63. The van der Waals surface area contributed by atoms with E-state index in [0.29, 0.717) is 5.92 Å². The molecular weight excluding hydrogens is 158 g/mol. The van der Waals surface area contributed by atoms with E-state index in [1.54, 1.807) is 0 Å². The molecule has 0 N–H and O–H groups in total. The van der Waals surface area contributed by atoms with Gasteiger partial charge in [0, 0.05) is 5.71 Å². The summed E-state index contributed by atoms with van der Waals surface area (Å²) in [5.74, 6) is 0.632. The van der Waals surface area contributed by atoms with Crippen molar-refractivity contribution in [2.24, 2.45) is 4.99 Å². The predicted octanol–water partition coefficient (Wildman–Crippen LogP) is 3.59. The van der Waals surface area contributed by atoms with Crippen molar-refractivity contribution in [3.05, 3.63) is 29.3 Å². The molecule has 1 aliphatic heterocycles. The zero-order chi connectivity index (χ0) is 9.42. The molecule has 0 radical (unpaired) electrons. The Morgan fingerprint density at radius 2 is 2.08 bits per heavy atom. The quantitative estimate of drug-likeness (QED) is 0.568. The summed E-state index contributed by atoms with van der Waals surface area (Å²) in [6.07, 6.45) is 1.11. The number of aliphatic imine (C=N–C) groups is 1. The van der Waals surface area contributed by atoms with Crippen LogP contribution in [0.25, 0.3) is 0 Å². The Morgan fingerprint density at radius 1 is 1.31 bits per heavy atom. The summed E-state index contributed by atoms with van der Waals surface area (Å²) in [5, 5.41) is 0. The highest BCUT2D eigenvalue weighted by Crippen LogP contribution is 2.34. The van der Waals surface area contributed by atoms with Gasteiger partial charge in [0.2, 0.25) is 0 Å².